The number of hydrogen-bond donors (Lipinski definition) is 10. The van der Waals surface area contributed by atoms with E-state index in [2.05, 4.69) is 10.4 Å². The lowest BCUT2D eigenvalue weighted by molar-refractivity contribution is -0.249. The number of hydrazine groups is 1. The van der Waals surface area contributed by atoms with Crippen LogP contribution in [0, 0.1) is 0 Å². The van der Waals surface area contributed by atoms with E-state index in [1.54, 1.807) is 6.07 Å². The number of imide groups is 1. The molecule has 10 N–H and O–H groups in total. The van der Waals surface area contributed by atoms with Gasteiger partial charge >= 0.3 is 0 Å². The molecule has 15 nitrogen and oxygen atoms in total. The van der Waals surface area contributed by atoms with E-state index in [-0.39, 0.29) is 49.9 Å². The first kappa shape index (κ1) is 28.5. The van der Waals surface area contributed by atoms with Crippen molar-refractivity contribution in [2.75, 3.05) is 19.8 Å². The highest BCUT2D eigenvalue weighted by molar-refractivity contribution is 6.39. The summed E-state index contributed by atoms with van der Waals surface area (Å²) < 4.78 is 7.35. The number of nitrogens with one attached hydrogen (secondary N) is 2. The molecule has 0 saturated carbocycles. The van der Waals surface area contributed by atoms with Gasteiger partial charge < -0.3 is 55.1 Å². The highest BCUT2D eigenvalue weighted by Crippen LogP contribution is 2.47. The standard InChI is InChI=1S/C29H28N4O11/c34-7-10(8-35)31-33-27(42)20-18-13-3-1-11(37)5-15(13)30-22(18)23-19(21(20)28(33)43)14-4-2-12(38)6-16(14)32(23)29-26(41)25(40)24(39)17(9-36)44-29/h1-6,10,17,24-26,29-31,34-41H,7-9H2/t17-,24+,25+,26-,29-/m1/s1. The van der Waals surface area contributed by atoms with Gasteiger partial charge in [0, 0.05) is 33.7 Å². The number of hydrogen-bond acceptors (Lipinski definition) is 12. The topological polar surface area (TPSA) is 241 Å². The first-order valence-corrected chi connectivity index (χ1v) is 13.7. The number of aliphatic hydroxyl groups is 6. The van der Waals surface area contributed by atoms with E-state index in [1.807, 2.05) is 0 Å². The number of benzene rings is 3. The molecule has 0 aliphatic carbocycles. The second kappa shape index (κ2) is 10.1. The Morgan fingerprint density at radius 1 is 0.841 bits per heavy atom. The molecule has 0 spiro atoms. The molecular formula is C29H28N4O11. The van der Waals surface area contributed by atoms with Crippen LogP contribution in [0.15, 0.2) is 36.4 Å². The molecule has 44 heavy (non-hydrogen) atoms. The highest BCUT2D eigenvalue weighted by atomic mass is 16.6. The molecule has 0 bridgehead atoms. The van der Waals surface area contributed by atoms with E-state index in [0.29, 0.717) is 21.3 Å². The summed E-state index contributed by atoms with van der Waals surface area (Å²) in [7, 11) is 0. The van der Waals surface area contributed by atoms with Gasteiger partial charge in [-0.2, -0.15) is 0 Å². The summed E-state index contributed by atoms with van der Waals surface area (Å²) in [4.78, 5) is 31.2. The van der Waals surface area contributed by atoms with E-state index in [0.717, 1.165) is 0 Å². The Labute approximate surface area is 246 Å². The molecule has 2 aromatic heterocycles. The van der Waals surface area contributed by atoms with Crippen molar-refractivity contribution in [3.63, 3.8) is 0 Å². The van der Waals surface area contributed by atoms with Gasteiger partial charge in [-0.05, 0) is 24.3 Å². The summed E-state index contributed by atoms with van der Waals surface area (Å²) >= 11 is 0. The summed E-state index contributed by atoms with van der Waals surface area (Å²) in [5, 5.41) is 84.2. The van der Waals surface area contributed by atoms with E-state index in [1.165, 1.54) is 34.9 Å². The van der Waals surface area contributed by atoms with Crippen molar-refractivity contribution in [1.29, 1.82) is 0 Å². The smallest absolute Gasteiger partial charge is 0.276 e. The third-order valence-electron chi connectivity index (χ3n) is 8.46. The van der Waals surface area contributed by atoms with Crippen molar-refractivity contribution in [1.82, 2.24) is 20.0 Å². The molecule has 15 heteroatoms. The molecular weight excluding hydrogens is 580 g/mol. The van der Waals surface area contributed by atoms with Crippen molar-refractivity contribution in [3.8, 4) is 11.5 Å². The second-order valence-electron chi connectivity index (χ2n) is 11.0. The minimum Gasteiger partial charge on any atom is -0.508 e. The molecule has 2 amide bonds. The fraction of sp³-hybridized carbons (Fsp3) is 0.310. The summed E-state index contributed by atoms with van der Waals surface area (Å²) in [5.74, 6) is -1.86. The van der Waals surface area contributed by atoms with Gasteiger partial charge in [0.2, 0.25) is 0 Å². The number of phenolic OH excluding ortho intramolecular Hbond substituents is 2. The van der Waals surface area contributed by atoms with E-state index in [4.69, 9.17) is 4.74 Å². The SMILES string of the molecule is O=C1c2c(c3c4ccc(O)cc4n([C@@H]4O[C@H](CO)[C@H](O)[C@H](O)[C@H]4O)c3c3[nH]c4cc(O)ccc4c23)C(=O)N1NC(CO)CO. The van der Waals surface area contributed by atoms with Gasteiger partial charge in [-0.3, -0.25) is 9.59 Å². The number of carbonyl (C=O) groups is 2. The minimum atomic E-state index is -1.75. The Hall–Kier alpha value is -4.32. The number of carbonyl (C=O) groups excluding carboxylic acids is 2. The quantitative estimate of drug-likeness (QED) is 0.107. The zero-order valence-corrected chi connectivity index (χ0v) is 22.7. The van der Waals surface area contributed by atoms with Gasteiger partial charge in [-0.15, -0.1) is 0 Å². The molecule has 230 valence electrons. The van der Waals surface area contributed by atoms with Crippen molar-refractivity contribution >= 4 is 55.4 Å². The summed E-state index contributed by atoms with van der Waals surface area (Å²) in [6.45, 7) is -1.88. The highest BCUT2D eigenvalue weighted by Gasteiger charge is 2.47. The van der Waals surface area contributed by atoms with Gasteiger partial charge in [0.1, 0.15) is 35.9 Å². The van der Waals surface area contributed by atoms with Crippen molar-refractivity contribution in [2.45, 2.75) is 36.7 Å². The van der Waals surface area contributed by atoms with Crippen LogP contribution in [0.4, 0.5) is 0 Å². The third kappa shape index (κ3) is 3.79. The molecule has 5 atom stereocenters. The van der Waals surface area contributed by atoms with E-state index >= 15 is 0 Å². The van der Waals surface area contributed by atoms with Gasteiger partial charge in [-0.1, -0.05) is 0 Å². The molecule has 2 aliphatic rings. The summed E-state index contributed by atoms with van der Waals surface area (Å²) in [6, 6.07) is 7.55. The van der Waals surface area contributed by atoms with Crippen LogP contribution in [0.5, 0.6) is 11.5 Å². The minimum absolute atomic E-state index is 0.0162. The van der Waals surface area contributed by atoms with E-state index < -0.39 is 68.3 Å². The lowest BCUT2D eigenvalue weighted by Gasteiger charge is -2.41. The average molecular weight is 609 g/mol. The average Bonchev–Trinajstić information content (AvgIpc) is 3.62. The number of aromatic hydroxyl groups is 2. The molecule has 1 saturated heterocycles. The first-order chi connectivity index (χ1) is 21.1. The Morgan fingerprint density at radius 2 is 1.48 bits per heavy atom. The molecule has 0 radical (unpaired) electrons. The number of aliphatic hydroxyl groups excluding tert-OH is 6. The van der Waals surface area contributed by atoms with Gasteiger partial charge in [0.05, 0.1) is 59.1 Å². The normalized spacial score (nSPS) is 24.2. The predicted octanol–water partition coefficient (Wildman–Crippen LogP) is -0.734. The Morgan fingerprint density at radius 3 is 2.14 bits per heavy atom. The zero-order chi connectivity index (χ0) is 31.2. The van der Waals surface area contributed by atoms with Crippen LogP contribution < -0.4 is 5.43 Å². The molecule has 2 aliphatic heterocycles. The van der Waals surface area contributed by atoms with Crippen molar-refractivity contribution < 1.29 is 55.2 Å². The predicted molar refractivity (Wildman–Crippen MR) is 153 cm³/mol. The van der Waals surface area contributed by atoms with Crippen LogP contribution in [0.3, 0.4) is 0 Å². The Balaban J connectivity index is 1.65. The first-order valence-electron chi connectivity index (χ1n) is 13.7. The lowest BCUT2D eigenvalue weighted by Crippen LogP contribution is -2.56. The van der Waals surface area contributed by atoms with E-state index in [9.17, 15) is 50.4 Å². The van der Waals surface area contributed by atoms with Gasteiger partial charge in [0.15, 0.2) is 6.23 Å². The lowest BCUT2D eigenvalue weighted by atomic mass is 9.96. The maximum atomic E-state index is 14.1. The largest absolute Gasteiger partial charge is 0.508 e. The Kier molecular flexibility index (Phi) is 6.54. The zero-order valence-electron chi connectivity index (χ0n) is 22.7. The number of nitrogens with zero attached hydrogens (tertiary/aromatic N) is 2. The molecule has 0 unspecified atom stereocenters. The maximum Gasteiger partial charge on any atom is 0.276 e. The van der Waals surface area contributed by atoms with Crippen LogP contribution in [-0.4, -0.2) is 118 Å². The maximum absolute atomic E-state index is 14.1. The number of phenols is 2. The number of fused-ring (bicyclic) bond motifs is 10. The fourth-order valence-electron chi connectivity index (χ4n) is 6.41. The van der Waals surface area contributed by atoms with Crippen LogP contribution in [0.2, 0.25) is 0 Å². The number of rotatable bonds is 6. The number of ether oxygens (including phenoxy) is 1. The second-order valence-corrected chi connectivity index (χ2v) is 11.0. The van der Waals surface area contributed by atoms with Gasteiger partial charge in [-0.25, -0.2) is 10.4 Å². The molecule has 7 rings (SSSR count). The molecule has 3 aromatic carbocycles. The summed E-state index contributed by atoms with van der Waals surface area (Å²) in [5.41, 5.74) is 3.60. The number of H-pyrrole nitrogens is 1. The van der Waals surface area contributed by atoms with Crippen molar-refractivity contribution in [2.24, 2.45) is 0 Å². The fourth-order valence-corrected chi connectivity index (χ4v) is 6.41. The van der Waals surface area contributed by atoms with Crippen LogP contribution in [0.25, 0.3) is 43.6 Å². The molecule has 5 aromatic rings. The number of aromatic amines is 1. The number of aromatic nitrogens is 2. The third-order valence-corrected chi connectivity index (χ3v) is 8.46. The molecule has 4 heterocycles. The van der Waals surface area contributed by atoms with Crippen LogP contribution in [0.1, 0.15) is 26.9 Å². The molecule has 1 fully saturated rings. The van der Waals surface area contributed by atoms with Crippen LogP contribution >= 0.6 is 0 Å². The van der Waals surface area contributed by atoms with Crippen molar-refractivity contribution in [3.05, 3.63) is 47.5 Å². The van der Waals surface area contributed by atoms with Crippen LogP contribution in [-0.2, 0) is 4.74 Å². The Bertz CT molecular complexity index is 2000. The monoisotopic (exact) mass is 608 g/mol. The van der Waals surface area contributed by atoms with Gasteiger partial charge in [0.25, 0.3) is 11.8 Å². The summed E-state index contributed by atoms with van der Waals surface area (Å²) in [6.07, 6.45) is -7.92. The number of amides is 2.